The van der Waals surface area contributed by atoms with E-state index in [1.165, 1.54) is 0 Å². The number of phenolic OH excluding ortho intramolecular Hbond substituents is 2. The van der Waals surface area contributed by atoms with Crippen LogP contribution in [0.25, 0.3) is 11.3 Å². The lowest BCUT2D eigenvalue weighted by atomic mass is 9.94. The van der Waals surface area contributed by atoms with Crippen molar-refractivity contribution in [1.82, 2.24) is 15.1 Å². The van der Waals surface area contributed by atoms with Gasteiger partial charge in [-0.3, -0.25) is 9.89 Å². The highest BCUT2D eigenvalue weighted by Gasteiger charge is 2.43. The van der Waals surface area contributed by atoms with Gasteiger partial charge in [-0.25, -0.2) is 0 Å². The van der Waals surface area contributed by atoms with Crippen molar-refractivity contribution >= 4 is 17.5 Å². The fourth-order valence-corrected chi connectivity index (χ4v) is 4.83. The number of hydrogen-bond acceptors (Lipinski definition) is 6. The number of nitrogens with one attached hydrogen (secondary N) is 1. The smallest absolute Gasteiger partial charge is 0.273 e. The predicted octanol–water partition coefficient (Wildman–Crippen LogP) is 5.60. The third-order valence-corrected chi connectivity index (χ3v) is 6.91. The number of aromatic hydroxyl groups is 2. The second kappa shape index (κ2) is 9.71. The topological polar surface area (TPSA) is 108 Å². The Morgan fingerprint density at radius 1 is 1.08 bits per heavy atom. The lowest BCUT2D eigenvalue weighted by molar-refractivity contribution is 0.0730. The van der Waals surface area contributed by atoms with Crippen LogP contribution >= 0.6 is 11.6 Å². The number of ether oxygens (including phenoxy) is 2. The first-order valence-electron chi connectivity index (χ1n) is 11.8. The van der Waals surface area contributed by atoms with Gasteiger partial charge >= 0.3 is 0 Å². The van der Waals surface area contributed by atoms with Gasteiger partial charge in [0.1, 0.15) is 22.9 Å². The van der Waals surface area contributed by atoms with E-state index in [9.17, 15) is 15.0 Å². The van der Waals surface area contributed by atoms with E-state index in [-0.39, 0.29) is 17.4 Å². The minimum absolute atomic E-state index is 0.00669. The minimum Gasteiger partial charge on any atom is -0.507 e. The zero-order chi connectivity index (χ0) is 26.3. The van der Waals surface area contributed by atoms with Crippen molar-refractivity contribution in [3.05, 3.63) is 87.6 Å². The normalized spacial score (nSPS) is 14.6. The number of methoxy groups -OCH3 is 1. The molecule has 0 radical (unpaired) electrons. The fourth-order valence-electron chi connectivity index (χ4n) is 4.67. The molecule has 0 saturated heterocycles. The van der Waals surface area contributed by atoms with Crippen molar-refractivity contribution in [1.29, 1.82) is 0 Å². The van der Waals surface area contributed by atoms with Gasteiger partial charge in [-0.15, -0.1) is 0 Å². The maximum Gasteiger partial charge on any atom is 0.273 e. The number of hydrogen-bond donors (Lipinski definition) is 3. The molecule has 0 fully saturated rings. The summed E-state index contributed by atoms with van der Waals surface area (Å²) in [6.45, 7) is 4.31. The van der Waals surface area contributed by atoms with E-state index in [1.54, 1.807) is 49.3 Å². The SMILES string of the molecule is CCOc1cc([C@@H]2c3c(-c4cc(Cl)c(C)cc4O)n[nH]c3C(=O)N2Cc2ccc(OC)cc2)ccc1O. The van der Waals surface area contributed by atoms with Crippen LogP contribution in [0, 0.1) is 6.92 Å². The summed E-state index contributed by atoms with van der Waals surface area (Å²) in [5.74, 6) is 0.815. The van der Waals surface area contributed by atoms with Crippen LogP contribution in [0.15, 0.2) is 54.6 Å². The summed E-state index contributed by atoms with van der Waals surface area (Å²) in [5.41, 5.74) is 4.14. The van der Waals surface area contributed by atoms with Crippen LogP contribution in [0.1, 0.15) is 45.7 Å². The molecule has 1 atom stereocenters. The molecule has 4 aromatic rings. The summed E-state index contributed by atoms with van der Waals surface area (Å²) >= 11 is 6.39. The highest BCUT2D eigenvalue weighted by atomic mass is 35.5. The molecule has 0 saturated carbocycles. The van der Waals surface area contributed by atoms with Crippen molar-refractivity contribution < 1.29 is 24.5 Å². The molecule has 1 aliphatic heterocycles. The Bertz CT molecular complexity index is 1480. The number of aromatic amines is 1. The molecule has 9 heteroatoms. The van der Waals surface area contributed by atoms with Gasteiger partial charge in [0, 0.05) is 22.7 Å². The van der Waals surface area contributed by atoms with E-state index in [0.717, 1.165) is 22.4 Å². The summed E-state index contributed by atoms with van der Waals surface area (Å²) in [6, 6.07) is 15.2. The number of carbonyl (C=O) groups excluding carboxylic acids is 1. The average Bonchev–Trinajstić information content (AvgIpc) is 3.42. The molecule has 1 aromatic heterocycles. The van der Waals surface area contributed by atoms with Crippen molar-refractivity contribution in [2.24, 2.45) is 0 Å². The summed E-state index contributed by atoms with van der Waals surface area (Å²) in [7, 11) is 1.60. The summed E-state index contributed by atoms with van der Waals surface area (Å²) in [5, 5.41) is 28.9. The van der Waals surface area contributed by atoms with Crippen LogP contribution in [0.3, 0.4) is 0 Å². The Balaban J connectivity index is 1.66. The van der Waals surface area contributed by atoms with Crippen molar-refractivity contribution in [2.45, 2.75) is 26.4 Å². The van der Waals surface area contributed by atoms with E-state index < -0.39 is 6.04 Å². The lowest BCUT2D eigenvalue weighted by Gasteiger charge is -2.27. The number of H-pyrrole nitrogens is 1. The van der Waals surface area contributed by atoms with Gasteiger partial charge in [-0.2, -0.15) is 5.10 Å². The first-order valence-corrected chi connectivity index (χ1v) is 12.2. The number of rotatable bonds is 7. The quantitative estimate of drug-likeness (QED) is 0.293. The van der Waals surface area contributed by atoms with Gasteiger partial charge in [0.25, 0.3) is 5.91 Å². The van der Waals surface area contributed by atoms with Crippen LogP contribution in [-0.4, -0.2) is 44.9 Å². The first kappa shape index (κ1) is 24.5. The molecule has 0 aliphatic carbocycles. The van der Waals surface area contributed by atoms with Gasteiger partial charge in [-0.1, -0.05) is 29.8 Å². The van der Waals surface area contributed by atoms with Crippen LogP contribution in [0.4, 0.5) is 0 Å². The number of aromatic nitrogens is 2. The monoisotopic (exact) mass is 519 g/mol. The standard InChI is InChI=1S/C28H26ClN3O5/c1-4-37-23-12-17(7-10-21(23)33)27-24-25(19-13-20(29)15(2)11-22(19)34)30-31-26(24)28(35)32(27)14-16-5-8-18(36-3)9-6-16/h5-13,27,33-34H,4,14H2,1-3H3,(H,30,31)/t27-/m1/s1. The lowest BCUT2D eigenvalue weighted by Crippen LogP contribution is -2.29. The Kier molecular flexibility index (Phi) is 6.43. The zero-order valence-electron chi connectivity index (χ0n) is 20.6. The predicted molar refractivity (Wildman–Crippen MR) is 139 cm³/mol. The van der Waals surface area contributed by atoms with Crippen LogP contribution in [-0.2, 0) is 6.54 Å². The van der Waals surface area contributed by atoms with E-state index in [0.29, 0.717) is 46.4 Å². The van der Waals surface area contributed by atoms with Gasteiger partial charge < -0.3 is 24.6 Å². The van der Waals surface area contributed by atoms with Crippen LogP contribution in [0.5, 0.6) is 23.0 Å². The summed E-state index contributed by atoms with van der Waals surface area (Å²) in [4.78, 5) is 15.4. The largest absolute Gasteiger partial charge is 0.507 e. The molecule has 0 bridgehead atoms. The van der Waals surface area contributed by atoms with Crippen LogP contribution < -0.4 is 9.47 Å². The maximum atomic E-state index is 13.7. The van der Waals surface area contributed by atoms with E-state index in [2.05, 4.69) is 10.2 Å². The number of aryl methyl sites for hydroxylation is 1. The van der Waals surface area contributed by atoms with Crippen molar-refractivity contribution in [3.8, 4) is 34.3 Å². The molecule has 1 amide bonds. The van der Waals surface area contributed by atoms with Crippen LogP contribution in [0.2, 0.25) is 5.02 Å². The van der Waals surface area contributed by atoms with E-state index >= 15 is 0 Å². The van der Waals surface area contributed by atoms with Crippen molar-refractivity contribution in [3.63, 3.8) is 0 Å². The van der Waals surface area contributed by atoms with Gasteiger partial charge in [0.2, 0.25) is 0 Å². The third-order valence-electron chi connectivity index (χ3n) is 6.51. The molecule has 0 unspecified atom stereocenters. The number of fused-ring (bicyclic) bond motifs is 1. The second-order valence-electron chi connectivity index (χ2n) is 8.82. The highest BCUT2D eigenvalue weighted by molar-refractivity contribution is 6.31. The zero-order valence-corrected chi connectivity index (χ0v) is 21.3. The molecule has 190 valence electrons. The molecular weight excluding hydrogens is 494 g/mol. The molecule has 3 N–H and O–H groups in total. The molecule has 3 aromatic carbocycles. The fraction of sp³-hybridized carbons (Fsp3) is 0.214. The molecule has 0 spiro atoms. The maximum absolute atomic E-state index is 13.7. The number of benzene rings is 3. The highest BCUT2D eigenvalue weighted by Crippen LogP contribution is 2.47. The molecular formula is C28H26ClN3O5. The number of nitrogens with zero attached hydrogens (tertiary/aromatic N) is 2. The summed E-state index contributed by atoms with van der Waals surface area (Å²) in [6.07, 6.45) is 0. The van der Waals surface area contributed by atoms with E-state index in [1.807, 2.05) is 31.2 Å². The third kappa shape index (κ3) is 4.34. The average molecular weight is 520 g/mol. The van der Waals surface area contributed by atoms with Gasteiger partial charge in [0.05, 0.1) is 19.8 Å². The van der Waals surface area contributed by atoms with Crippen molar-refractivity contribution in [2.75, 3.05) is 13.7 Å². The summed E-state index contributed by atoms with van der Waals surface area (Å²) < 4.78 is 10.9. The Labute approximate surface area is 219 Å². The first-order chi connectivity index (χ1) is 17.8. The number of phenols is 2. The molecule has 1 aliphatic rings. The molecule has 8 nitrogen and oxygen atoms in total. The second-order valence-corrected chi connectivity index (χ2v) is 9.23. The number of carbonyl (C=O) groups is 1. The minimum atomic E-state index is -0.572. The Morgan fingerprint density at radius 2 is 1.84 bits per heavy atom. The van der Waals surface area contributed by atoms with Gasteiger partial charge in [0.15, 0.2) is 11.5 Å². The molecule has 37 heavy (non-hydrogen) atoms. The van der Waals surface area contributed by atoms with Gasteiger partial charge in [-0.05, 0) is 66.9 Å². The number of halogens is 1. The molecule has 5 rings (SSSR count). The number of amides is 1. The Hall–Kier alpha value is -4.17. The Morgan fingerprint density at radius 3 is 2.54 bits per heavy atom. The van der Waals surface area contributed by atoms with E-state index in [4.69, 9.17) is 21.1 Å². The molecule has 2 heterocycles.